The Balaban J connectivity index is 2.14. The van der Waals surface area contributed by atoms with Gasteiger partial charge in [-0.1, -0.05) is 29.8 Å². The lowest BCUT2D eigenvalue weighted by molar-refractivity contribution is 0.491. The van der Waals surface area contributed by atoms with Crippen molar-refractivity contribution >= 4 is 11.6 Å². The highest BCUT2D eigenvalue weighted by atomic mass is 35.5. The minimum absolute atomic E-state index is 0.0452. The predicted octanol–water partition coefficient (Wildman–Crippen LogP) is 5.34. The monoisotopic (exact) mass is 309 g/mol. The number of benzene rings is 2. The van der Waals surface area contributed by atoms with Crippen LogP contribution in [0.25, 0.3) is 0 Å². The zero-order valence-electron chi connectivity index (χ0n) is 12.3. The van der Waals surface area contributed by atoms with Crippen molar-refractivity contribution in [3.05, 3.63) is 69.7 Å². The molecular formula is C17H18ClF2N. The van der Waals surface area contributed by atoms with Gasteiger partial charge in [0.2, 0.25) is 0 Å². The van der Waals surface area contributed by atoms with Crippen LogP contribution in [-0.2, 0) is 0 Å². The maximum absolute atomic E-state index is 13.6. The number of hydrogen-bond donors (Lipinski definition) is 1. The molecule has 2 atom stereocenters. The zero-order valence-corrected chi connectivity index (χ0v) is 13.0. The average molecular weight is 310 g/mol. The summed E-state index contributed by atoms with van der Waals surface area (Å²) in [4.78, 5) is 0. The van der Waals surface area contributed by atoms with Crippen molar-refractivity contribution in [1.82, 2.24) is 5.32 Å². The molecule has 1 N–H and O–H groups in total. The molecule has 21 heavy (non-hydrogen) atoms. The zero-order chi connectivity index (χ0) is 15.6. The Kier molecular flexibility index (Phi) is 4.96. The largest absolute Gasteiger partial charge is 0.304 e. The summed E-state index contributed by atoms with van der Waals surface area (Å²) in [6, 6.07) is 9.42. The lowest BCUT2D eigenvalue weighted by Gasteiger charge is -2.22. The molecular weight excluding hydrogens is 292 g/mol. The van der Waals surface area contributed by atoms with Crippen LogP contribution in [0, 0.1) is 18.6 Å². The van der Waals surface area contributed by atoms with Crippen LogP contribution >= 0.6 is 11.6 Å². The third-order valence-corrected chi connectivity index (χ3v) is 3.95. The Labute approximate surface area is 128 Å². The summed E-state index contributed by atoms with van der Waals surface area (Å²) in [7, 11) is 0. The van der Waals surface area contributed by atoms with Gasteiger partial charge in [0.15, 0.2) is 0 Å². The fraction of sp³-hybridized carbons (Fsp3) is 0.294. The average Bonchev–Trinajstić information content (AvgIpc) is 2.41. The summed E-state index contributed by atoms with van der Waals surface area (Å²) in [6.07, 6.45) is 0. The van der Waals surface area contributed by atoms with Gasteiger partial charge in [-0.05, 0) is 55.7 Å². The van der Waals surface area contributed by atoms with E-state index >= 15 is 0 Å². The molecule has 0 heterocycles. The SMILES string of the molecule is Cc1ccc(C(C)NC(C)c2ccc(F)cc2Cl)cc1F. The fourth-order valence-corrected chi connectivity index (χ4v) is 2.62. The Morgan fingerprint density at radius 2 is 1.71 bits per heavy atom. The van der Waals surface area contributed by atoms with Gasteiger partial charge in [-0.3, -0.25) is 0 Å². The van der Waals surface area contributed by atoms with Gasteiger partial charge in [0.05, 0.1) is 0 Å². The number of hydrogen-bond acceptors (Lipinski definition) is 1. The van der Waals surface area contributed by atoms with E-state index in [4.69, 9.17) is 11.6 Å². The van der Waals surface area contributed by atoms with Gasteiger partial charge in [0.1, 0.15) is 11.6 Å². The van der Waals surface area contributed by atoms with Gasteiger partial charge in [-0.15, -0.1) is 0 Å². The standard InChI is InChI=1S/C17H18ClF2N/c1-10-4-5-13(8-17(10)20)11(2)21-12(3)15-7-6-14(19)9-16(15)18/h4-9,11-12,21H,1-3H3. The molecule has 2 aromatic carbocycles. The molecule has 0 bridgehead atoms. The van der Waals surface area contributed by atoms with E-state index in [1.807, 2.05) is 19.9 Å². The summed E-state index contributed by atoms with van der Waals surface area (Å²) in [5.41, 5.74) is 2.31. The molecule has 0 saturated heterocycles. The molecule has 0 fully saturated rings. The molecule has 0 aliphatic rings. The highest BCUT2D eigenvalue weighted by Crippen LogP contribution is 2.26. The summed E-state index contributed by atoms with van der Waals surface area (Å²) in [5.74, 6) is -0.571. The first-order chi connectivity index (χ1) is 9.88. The first-order valence-corrected chi connectivity index (χ1v) is 7.23. The van der Waals surface area contributed by atoms with Gasteiger partial charge < -0.3 is 5.32 Å². The second-order valence-electron chi connectivity index (χ2n) is 5.28. The van der Waals surface area contributed by atoms with Crippen molar-refractivity contribution < 1.29 is 8.78 Å². The molecule has 0 saturated carbocycles. The van der Waals surface area contributed by atoms with E-state index in [-0.39, 0.29) is 23.7 Å². The van der Waals surface area contributed by atoms with Crippen molar-refractivity contribution in [2.75, 3.05) is 0 Å². The summed E-state index contributed by atoms with van der Waals surface area (Å²) >= 11 is 6.06. The van der Waals surface area contributed by atoms with E-state index in [0.29, 0.717) is 10.6 Å². The summed E-state index contributed by atoms with van der Waals surface area (Å²) in [5, 5.41) is 3.73. The van der Waals surface area contributed by atoms with E-state index in [2.05, 4.69) is 5.32 Å². The number of halogens is 3. The second kappa shape index (κ2) is 6.54. The van der Waals surface area contributed by atoms with Gasteiger partial charge in [-0.2, -0.15) is 0 Å². The fourth-order valence-electron chi connectivity index (χ4n) is 2.29. The number of aryl methyl sites for hydroxylation is 1. The van der Waals surface area contributed by atoms with Crippen molar-refractivity contribution in [2.45, 2.75) is 32.9 Å². The minimum atomic E-state index is -0.357. The third kappa shape index (κ3) is 3.80. The van der Waals surface area contributed by atoms with Gasteiger partial charge in [0, 0.05) is 17.1 Å². The molecule has 2 rings (SSSR count). The van der Waals surface area contributed by atoms with Crippen LogP contribution in [0.2, 0.25) is 5.02 Å². The van der Waals surface area contributed by atoms with Crippen LogP contribution in [0.4, 0.5) is 8.78 Å². The highest BCUT2D eigenvalue weighted by Gasteiger charge is 2.15. The van der Waals surface area contributed by atoms with E-state index < -0.39 is 0 Å². The Morgan fingerprint density at radius 1 is 1.00 bits per heavy atom. The topological polar surface area (TPSA) is 12.0 Å². The molecule has 0 aromatic heterocycles. The van der Waals surface area contributed by atoms with E-state index in [9.17, 15) is 8.78 Å². The lowest BCUT2D eigenvalue weighted by Crippen LogP contribution is -2.23. The third-order valence-electron chi connectivity index (χ3n) is 3.62. The van der Waals surface area contributed by atoms with Crippen LogP contribution < -0.4 is 5.32 Å². The first kappa shape index (κ1) is 15.9. The molecule has 2 unspecified atom stereocenters. The smallest absolute Gasteiger partial charge is 0.126 e. The van der Waals surface area contributed by atoms with Crippen LogP contribution in [-0.4, -0.2) is 0 Å². The number of nitrogens with one attached hydrogen (secondary N) is 1. The molecule has 4 heteroatoms. The van der Waals surface area contributed by atoms with Crippen LogP contribution in [0.15, 0.2) is 36.4 Å². The first-order valence-electron chi connectivity index (χ1n) is 6.85. The maximum atomic E-state index is 13.6. The van der Waals surface area contributed by atoms with Gasteiger partial charge in [-0.25, -0.2) is 8.78 Å². The Bertz CT molecular complexity index is 643. The van der Waals surface area contributed by atoms with Crippen molar-refractivity contribution in [2.24, 2.45) is 0 Å². The Hall–Kier alpha value is -1.45. The van der Waals surface area contributed by atoms with Crippen LogP contribution in [0.1, 0.15) is 42.6 Å². The lowest BCUT2D eigenvalue weighted by atomic mass is 10.0. The molecule has 0 aliphatic carbocycles. The van der Waals surface area contributed by atoms with E-state index in [0.717, 1.165) is 11.1 Å². The van der Waals surface area contributed by atoms with Crippen molar-refractivity contribution in [3.8, 4) is 0 Å². The molecule has 0 spiro atoms. The second-order valence-corrected chi connectivity index (χ2v) is 5.69. The molecule has 112 valence electrons. The minimum Gasteiger partial charge on any atom is -0.304 e. The molecule has 1 nitrogen and oxygen atoms in total. The molecule has 0 amide bonds. The summed E-state index contributed by atoms with van der Waals surface area (Å²) in [6.45, 7) is 5.64. The quantitative estimate of drug-likeness (QED) is 0.804. The maximum Gasteiger partial charge on any atom is 0.126 e. The molecule has 0 aliphatic heterocycles. The number of rotatable bonds is 4. The highest BCUT2D eigenvalue weighted by molar-refractivity contribution is 6.31. The Morgan fingerprint density at radius 3 is 2.33 bits per heavy atom. The van der Waals surface area contributed by atoms with Crippen molar-refractivity contribution in [1.29, 1.82) is 0 Å². The molecule has 0 radical (unpaired) electrons. The van der Waals surface area contributed by atoms with Gasteiger partial charge in [0.25, 0.3) is 0 Å². The van der Waals surface area contributed by atoms with E-state index in [1.54, 1.807) is 19.1 Å². The van der Waals surface area contributed by atoms with Crippen molar-refractivity contribution in [3.63, 3.8) is 0 Å². The normalized spacial score (nSPS) is 14.0. The van der Waals surface area contributed by atoms with Crippen LogP contribution in [0.3, 0.4) is 0 Å². The summed E-state index contributed by atoms with van der Waals surface area (Å²) < 4.78 is 26.7. The molecule has 2 aromatic rings. The van der Waals surface area contributed by atoms with Gasteiger partial charge >= 0.3 is 0 Å². The van der Waals surface area contributed by atoms with Crippen LogP contribution in [0.5, 0.6) is 0 Å². The predicted molar refractivity (Wildman–Crippen MR) is 82.5 cm³/mol. The van der Waals surface area contributed by atoms with E-state index in [1.165, 1.54) is 18.2 Å².